The van der Waals surface area contributed by atoms with Crippen LogP contribution >= 0.6 is 11.8 Å². The zero-order valence-corrected chi connectivity index (χ0v) is 15.1. The Hall–Kier alpha value is -2.78. The van der Waals surface area contributed by atoms with Gasteiger partial charge in [-0.05, 0) is 43.0 Å². The monoisotopic (exact) mass is 363 g/mol. The van der Waals surface area contributed by atoms with E-state index in [0.717, 1.165) is 33.5 Å². The van der Waals surface area contributed by atoms with Crippen molar-refractivity contribution in [2.24, 2.45) is 7.05 Å². The molecule has 130 valence electrons. The molecule has 1 aliphatic rings. The predicted molar refractivity (Wildman–Crippen MR) is 101 cm³/mol. The molecule has 0 bridgehead atoms. The molecule has 0 atom stereocenters. The van der Waals surface area contributed by atoms with Crippen molar-refractivity contribution < 1.29 is 9.90 Å². The number of pyridine rings is 1. The molecule has 4 rings (SSSR count). The number of benzene rings is 1. The van der Waals surface area contributed by atoms with Crippen molar-refractivity contribution in [2.45, 2.75) is 28.9 Å². The smallest absolute Gasteiger partial charge is 0.320 e. The van der Waals surface area contributed by atoms with Crippen LogP contribution in [0.1, 0.15) is 24.8 Å². The molecule has 0 aliphatic heterocycles. The third-order valence-corrected chi connectivity index (χ3v) is 6.53. The van der Waals surface area contributed by atoms with Crippen LogP contribution in [0.25, 0.3) is 22.2 Å². The summed E-state index contributed by atoms with van der Waals surface area (Å²) in [7, 11) is 1.94. The molecule has 3 aromatic rings. The molecule has 1 fully saturated rings. The number of fused-ring (bicyclic) bond motifs is 1. The molecular formula is C20H17N3O2S. The first-order valence-corrected chi connectivity index (χ1v) is 9.23. The lowest BCUT2D eigenvalue weighted by molar-refractivity contribution is -0.142. The molecule has 0 radical (unpaired) electrons. The number of rotatable bonds is 4. The lowest BCUT2D eigenvalue weighted by Gasteiger charge is -2.37. The second kappa shape index (κ2) is 6.19. The van der Waals surface area contributed by atoms with E-state index in [2.05, 4.69) is 11.1 Å². The van der Waals surface area contributed by atoms with Crippen molar-refractivity contribution in [1.29, 1.82) is 5.26 Å². The highest BCUT2D eigenvalue weighted by atomic mass is 32.2. The van der Waals surface area contributed by atoms with Crippen molar-refractivity contribution in [3.05, 3.63) is 48.3 Å². The van der Waals surface area contributed by atoms with E-state index in [1.807, 2.05) is 36.0 Å². The number of carbonyl (C=O) groups is 1. The molecule has 26 heavy (non-hydrogen) atoms. The Labute approximate surface area is 155 Å². The summed E-state index contributed by atoms with van der Waals surface area (Å²) in [5.74, 6) is -0.741. The quantitative estimate of drug-likeness (QED) is 0.751. The zero-order chi connectivity index (χ0) is 18.3. The standard InChI is InChI=1S/C20H17N3O2S/c1-23-12-15(14-5-3-13(11-21)4-6-14)17-16(7-10-22-18(17)23)26-20(19(24)25)8-2-9-20/h3-7,10,12H,2,8-9H2,1H3,(H,24,25). The van der Waals surface area contributed by atoms with Crippen molar-refractivity contribution in [3.63, 3.8) is 0 Å². The van der Waals surface area contributed by atoms with Crippen LogP contribution in [0.15, 0.2) is 47.6 Å². The highest BCUT2D eigenvalue weighted by molar-refractivity contribution is 8.01. The number of nitrogens with zero attached hydrogens (tertiary/aromatic N) is 3. The van der Waals surface area contributed by atoms with Crippen LogP contribution in [0.5, 0.6) is 0 Å². The molecular weight excluding hydrogens is 346 g/mol. The van der Waals surface area contributed by atoms with Gasteiger partial charge in [-0.15, -0.1) is 11.8 Å². The van der Waals surface area contributed by atoms with Gasteiger partial charge in [0.15, 0.2) is 0 Å². The Morgan fingerprint density at radius 2 is 2.04 bits per heavy atom. The maximum absolute atomic E-state index is 11.8. The van der Waals surface area contributed by atoms with Crippen LogP contribution in [0, 0.1) is 11.3 Å². The number of thioether (sulfide) groups is 1. The van der Waals surface area contributed by atoms with Crippen LogP contribution in [-0.2, 0) is 11.8 Å². The van der Waals surface area contributed by atoms with Crippen molar-refractivity contribution in [2.75, 3.05) is 0 Å². The third-order valence-electron chi connectivity index (χ3n) is 5.00. The maximum atomic E-state index is 11.8. The van der Waals surface area contributed by atoms with Crippen molar-refractivity contribution in [3.8, 4) is 17.2 Å². The average molecular weight is 363 g/mol. The summed E-state index contributed by atoms with van der Waals surface area (Å²) in [6, 6.07) is 11.5. The van der Waals surface area contributed by atoms with Crippen LogP contribution < -0.4 is 0 Å². The fourth-order valence-corrected chi connectivity index (χ4v) is 4.80. The van der Waals surface area contributed by atoms with Gasteiger partial charge in [0.25, 0.3) is 0 Å². The topological polar surface area (TPSA) is 78.9 Å². The number of carboxylic acid groups (broad SMARTS) is 1. The second-order valence-electron chi connectivity index (χ2n) is 6.61. The second-order valence-corrected chi connectivity index (χ2v) is 8.03. The molecule has 2 aromatic heterocycles. The predicted octanol–water partition coefficient (Wildman–Crippen LogP) is 4.21. The number of hydrogen-bond acceptors (Lipinski definition) is 4. The molecule has 1 aliphatic carbocycles. The summed E-state index contributed by atoms with van der Waals surface area (Å²) in [6.45, 7) is 0. The fourth-order valence-electron chi connectivity index (χ4n) is 3.37. The van der Waals surface area contributed by atoms with E-state index >= 15 is 0 Å². The Balaban J connectivity index is 1.86. The van der Waals surface area contributed by atoms with Crippen molar-refractivity contribution >= 4 is 28.8 Å². The third kappa shape index (κ3) is 2.56. The number of hydrogen-bond donors (Lipinski definition) is 1. The minimum Gasteiger partial charge on any atom is -0.480 e. The first kappa shape index (κ1) is 16.7. The van der Waals surface area contributed by atoms with E-state index < -0.39 is 10.7 Å². The zero-order valence-electron chi connectivity index (χ0n) is 14.3. The molecule has 2 heterocycles. The molecule has 0 saturated heterocycles. The van der Waals surface area contributed by atoms with Gasteiger partial charge in [-0.3, -0.25) is 4.79 Å². The largest absolute Gasteiger partial charge is 0.480 e. The summed E-state index contributed by atoms with van der Waals surface area (Å²) >= 11 is 1.44. The fraction of sp³-hybridized carbons (Fsp3) is 0.250. The first-order valence-electron chi connectivity index (χ1n) is 8.41. The minimum absolute atomic E-state index is 0.612. The lowest BCUT2D eigenvalue weighted by atomic mass is 9.84. The van der Waals surface area contributed by atoms with E-state index in [-0.39, 0.29) is 0 Å². The molecule has 1 saturated carbocycles. The van der Waals surface area contributed by atoms with Crippen LogP contribution in [0.3, 0.4) is 0 Å². The van der Waals surface area contributed by atoms with Crippen LogP contribution in [-0.4, -0.2) is 25.4 Å². The van der Waals surface area contributed by atoms with Crippen LogP contribution in [0.2, 0.25) is 0 Å². The molecule has 0 spiro atoms. The molecule has 1 aromatic carbocycles. The van der Waals surface area contributed by atoms with Gasteiger partial charge in [0.2, 0.25) is 0 Å². The van der Waals surface area contributed by atoms with Gasteiger partial charge in [-0.25, -0.2) is 4.98 Å². The number of aromatic nitrogens is 2. The van der Waals surface area contributed by atoms with Gasteiger partial charge >= 0.3 is 5.97 Å². The van der Waals surface area contributed by atoms with E-state index in [4.69, 9.17) is 5.26 Å². The summed E-state index contributed by atoms with van der Waals surface area (Å²) < 4.78 is 1.23. The van der Waals surface area contributed by atoms with Gasteiger partial charge in [0.1, 0.15) is 10.4 Å². The minimum atomic E-state index is -0.741. The van der Waals surface area contributed by atoms with Crippen LogP contribution in [0.4, 0.5) is 0 Å². The van der Waals surface area contributed by atoms with E-state index in [1.54, 1.807) is 18.3 Å². The van der Waals surface area contributed by atoms with E-state index in [0.29, 0.717) is 18.4 Å². The molecule has 1 N–H and O–H groups in total. The number of nitriles is 1. The number of aliphatic carboxylic acids is 1. The molecule has 0 amide bonds. The Morgan fingerprint density at radius 1 is 1.31 bits per heavy atom. The van der Waals surface area contributed by atoms with Gasteiger partial charge < -0.3 is 9.67 Å². The lowest BCUT2D eigenvalue weighted by Crippen LogP contribution is -2.41. The summed E-state index contributed by atoms with van der Waals surface area (Å²) in [6.07, 6.45) is 6.08. The van der Waals surface area contributed by atoms with Gasteiger partial charge in [0.05, 0.1) is 11.6 Å². The molecule has 5 nitrogen and oxygen atoms in total. The first-order chi connectivity index (χ1) is 12.5. The van der Waals surface area contributed by atoms with E-state index in [1.165, 1.54) is 11.8 Å². The van der Waals surface area contributed by atoms with Gasteiger partial charge in [-0.2, -0.15) is 5.26 Å². The summed E-state index contributed by atoms with van der Waals surface area (Å²) in [5.41, 5.74) is 3.43. The number of aryl methyl sites for hydroxylation is 1. The highest BCUT2D eigenvalue weighted by Crippen LogP contribution is 2.50. The normalized spacial score (nSPS) is 15.4. The van der Waals surface area contributed by atoms with Gasteiger partial charge in [-0.1, -0.05) is 12.1 Å². The average Bonchev–Trinajstić information content (AvgIpc) is 2.96. The Bertz CT molecular complexity index is 1040. The Kier molecular flexibility index (Phi) is 3.97. The number of carboxylic acids is 1. The summed E-state index contributed by atoms with van der Waals surface area (Å²) in [4.78, 5) is 17.2. The van der Waals surface area contributed by atoms with Gasteiger partial charge in [0, 0.05) is 35.3 Å². The molecule has 6 heteroatoms. The molecule has 0 unspecified atom stereocenters. The van der Waals surface area contributed by atoms with E-state index in [9.17, 15) is 9.90 Å². The summed E-state index contributed by atoms with van der Waals surface area (Å²) in [5, 5.41) is 19.7. The SMILES string of the molecule is Cn1cc(-c2ccc(C#N)cc2)c2c(SC3(C(=O)O)CCC3)ccnc21. The highest BCUT2D eigenvalue weighted by Gasteiger charge is 2.45. The maximum Gasteiger partial charge on any atom is 0.320 e. The Morgan fingerprint density at radius 3 is 2.62 bits per heavy atom. The van der Waals surface area contributed by atoms with Crippen molar-refractivity contribution in [1.82, 2.24) is 9.55 Å².